The van der Waals surface area contributed by atoms with Gasteiger partial charge in [-0.05, 0) is 31.5 Å². The molecule has 2 aromatic rings. The Kier molecular flexibility index (Phi) is 3.69. The number of rotatable bonds is 2. The standard InChI is InChI=1S/C15H20N4O/c1-12-4-2-7-19-11-13(17-15(12)19)10-14(20)18-8-3-5-16-6-9-18/h2,4,7,11,16H,3,5-6,8-10H2,1H3. The van der Waals surface area contributed by atoms with Crippen LogP contribution in [-0.4, -0.2) is 46.4 Å². The second-order valence-electron chi connectivity index (χ2n) is 5.32. The van der Waals surface area contributed by atoms with Gasteiger partial charge in [0.25, 0.3) is 0 Å². The Hall–Kier alpha value is -1.88. The number of nitrogens with zero attached hydrogens (tertiary/aromatic N) is 3. The van der Waals surface area contributed by atoms with Crippen molar-refractivity contribution in [3.05, 3.63) is 35.8 Å². The summed E-state index contributed by atoms with van der Waals surface area (Å²) in [6.45, 7) is 5.56. The van der Waals surface area contributed by atoms with Crippen molar-refractivity contribution < 1.29 is 4.79 Å². The van der Waals surface area contributed by atoms with Gasteiger partial charge in [-0.3, -0.25) is 4.79 Å². The van der Waals surface area contributed by atoms with Crippen LogP contribution in [0.5, 0.6) is 0 Å². The largest absolute Gasteiger partial charge is 0.341 e. The maximum absolute atomic E-state index is 12.3. The highest BCUT2D eigenvalue weighted by molar-refractivity contribution is 5.78. The van der Waals surface area contributed by atoms with E-state index in [1.165, 1.54) is 0 Å². The summed E-state index contributed by atoms with van der Waals surface area (Å²) in [6.07, 6.45) is 5.34. The summed E-state index contributed by atoms with van der Waals surface area (Å²) in [5.41, 5.74) is 2.92. The fourth-order valence-electron chi connectivity index (χ4n) is 2.65. The Labute approximate surface area is 118 Å². The molecule has 106 valence electrons. The lowest BCUT2D eigenvalue weighted by molar-refractivity contribution is -0.130. The van der Waals surface area contributed by atoms with Gasteiger partial charge in [-0.1, -0.05) is 6.07 Å². The first-order valence-corrected chi connectivity index (χ1v) is 7.16. The van der Waals surface area contributed by atoms with Crippen molar-refractivity contribution in [1.29, 1.82) is 0 Å². The van der Waals surface area contributed by atoms with Gasteiger partial charge in [0.15, 0.2) is 0 Å². The van der Waals surface area contributed by atoms with Gasteiger partial charge in [-0.2, -0.15) is 0 Å². The molecule has 0 bridgehead atoms. The molecule has 1 aliphatic rings. The second kappa shape index (κ2) is 5.63. The molecule has 1 N–H and O–H groups in total. The number of fused-ring (bicyclic) bond motifs is 1. The highest BCUT2D eigenvalue weighted by Crippen LogP contribution is 2.11. The number of aryl methyl sites for hydroxylation is 1. The summed E-state index contributed by atoms with van der Waals surface area (Å²) in [4.78, 5) is 18.8. The molecule has 0 radical (unpaired) electrons. The molecule has 1 aliphatic heterocycles. The zero-order valence-electron chi connectivity index (χ0n) is 11.8. The van der Waals surface area contributed by atoms with E-state index in [2.05, 4.69) is 10.3 Å². The lowest BCUT2D eigenvalue weighted by Gasteiger charge is -2.19. The van der Waals surface area contributed by atoms with Crippen molar-refractivity contribution in [3.63, 3.8) is 0 Å². The molecule has 5 nitrogen and oxygen atoms in total. The lowest BCUT2D eigenvalue weighted by atomic mass is 10.3. The van der Waals surface area contributed by atoms with Crippen LogP contribution in [0.1, 0.15) is 17.7 Å². The summed E-state index contributed by atoms with van der Waals surface area (Å²) in [7, 11) is 0. The van der Waals surface area contributed by atoms with E-state index in [1.54, 1.807) is 0 Å². The Morgan fingerprint density at radius 2 is 2.30 bits per heavy atom. The van der Waals surface area contributed by atoms with Crippen LogP contribution in [0, 0.1) is 6.92 Å². The average molecular weight is 272 g/mol. The van der Waals surface area contributed by atoms with Crippen molar-refractivity contribution >= 4 is 11.6 Å². The number of pyridine rings is 1. The van der Waals surface area contributed by atoms with Crippen LogP contribution in [0.2, 0.25) is 0 Å². The van der Waals surface area contributed by atoms with Crippen LogP contribution < -0.4 is 5.32 Å². The number of carbonyl (C=O) groups excluding carboxylic acids is 1. The first-order chi connectivity index (χ1) is 9.74. The summed E-state index contributed by atoms with van der Waals surface area (Å²) >= 11 is 0. The third kappa shape index (κ3) is 2.67. The van der Waals surface area contributed by atoms with Crippen LogP contribution in [-0.2, 0) is 11.2 Å². The van der Waals surface area contributed by atoms with Crippen molar-refractivity contribution in [2.75, 3.05) is 26.2 Å². The number of aromatic nitrogens is 2. The van der Waals surface area contributed by atoms with Crippen LogP contribution >= 0.6 is 0 Å². The van der Waals surface area contributed by atoms with Gasteiger partial charge in [-0.15, -0.1) is 0 Å². The molecule has 0 aliphatic carbocycles. The van der Waals surface area contributed by atoms with Crippen molar-refractivity contribution in [2.45, 2.75) is 19.8 Å². The molecule has 20 heavy (non-hydrogen) atoms. The molecule has 5 heteroatoms. The monoisotopic (exact) mass is 272 g/mol. The topological polar surface area (TPSA) is 49.6 Å². The Morgan fingerprint density at radius 1 is 1.40 bits per heavy atom. The Balaban J connectivity index is 1.75. The maximum Gasteiger partial charge on any atom is 0.228 e. The molecule has 3 heterocycles. The molecule has 0 aromatic carbocycles. The molecule has 0 saturated carbocycles. The third-order valence-electron chi connectivity index (χ3n) is 3.75. The molecule has 0 spiro atoms. The van der Waals surface area contributed by atoms with Gasteiger partial charge < -0.3 is 14.6 Å². The van der Waals surface area contributed by atoms with Crippen molar-refractivity contribution in [2.24, 2.45) is 0 Å². The summed E-state index contributed by atoms with van der Waals surface area (Å²) in [5.74, 6) is 0.176. The van der Waals surface area contributed by atoms with Gasteiger partial charge >= 0.3 is 0 Å². The molecule has 0 unspecified atom stereocenters. The van der Waals surface area contributed by atoms with Crippen LogP contribution in [0.3, 0.4) is 0 Å². The fraction of sp³-hybridized carbons (Fsp3) is 0.467. The van der Waals surface area contributed by atoms with E-state index in [1.807, 2.05) is 40.8 Å². The van der Waals surface area contributed by atoms with Crippen LogP contribution in [0.15, 0.2) is 24.5 Å². The number of amides is 1. The highest BCUT2D eigenvalue weighted by atomic mass is 16.2. The van der Waals surface area contributed by atoms with Gasteiger partial charge in [0.1, 0.15) is 5.65 Å². The molecular weight excluding hydrogens is 252 g/mol. The Bertz CT molecular complexity index is 611. The number of carbonyl (C=O) groups is 1. The first-order valence-electron chi connectivity index (χ1n) is 7.16. The van der Waals surface area contributed by atoms with Crippen LogP contribution in [0.4, 0.5) is 0 Å². The predicted octanol–water partition coefficient (Wildman–Crippen LogP) is 1.01. The molecule has 1 saturated heterocycles. The van der Waals surface area contributed by atoms with Crippen molar-refractivity contribution in [3.8, 4) is 0 Å². The molecule has 2 aromatic heterocycles. The number of hydrogen-bond acceptors (Lipinski definition) is 3. The first kappa shape index (κ1) is 13.1. The van der Waals surface area contributed by atoms with E-state index < -0.39 is 0 Å². The number of nitrogens with one attached hydrogen (secondary N) is 1. The van der Waals surface area contributed by atoms with E-state index in [0.29, 0.717) is 6.42 Å². The van der Waals surface area contributed by atoms with E-state index in [0.717, 1.165) is 49.5 Å². The molecule has 0 atom stereocenters. The number of imidazole rings is 1. The van der Waals surface area contributed by atoms with Gasteiger partial charge in [0.05, 0.1) is 12.1 Å². The smallest absolute Gasteiger partial charge is 0.228 e. The van der Waals surface area contributed by atoms with Crippen molar-refractivity contribution in [1.82, 2.24) is 19.6 Å². The Morgan fingerprint density at radius 3 is 3.15 bits per heavy atom. The number of hydrogen-bond donors (Lipinski definition) is 1. The summed E-state index contributed by atoms with van der Waals surface area (Å²) < 4.78 is 1.99. The molecular formula is C15H20N4O. The van der Waals surface area contributed by atoms with E-state index >= 15 is 0 Å². The zero-order valence-corrected chi connectivity index (χ0v) is 11.8. The fourth-order valence-corrected chi connectivity index (χ4v) is 2.65. The minimum atomic E-state index is 0.176. The van der Waals surface area contributed by atoms with Gasteiger partial charge in [0, 0.05) is 32.0 Å². The lowest BCUT2D eigenvalue weighted by Crippen LogP contribution is -2.35. The van der Waals surface area contributed by atoms with Gasteiger partial charge in [0.2, 0.25) is 5.91 Å². The molecule has 3 rings (SSSR count). The summed E-state index contributed by atoms with van der Waals surface area (Å²) in [6, 6.07) is 4.03. The quantitative estimate of drug-likeness (QED) is 0.887. The second-order valence-corrected chi connectivity index (χ2v) is 5.32. The highest BCUT2D eigenvalue weighted by Gasteiger charge is 2.17. The van der Waals surface area contributed by atoms with E-state index in [4.69, 9.17) is 0 Å². The predicted molar refractivity (Wildman–Crippen MR) is 77.7 cm³/mol. The average Bonchev–Trinajstić information content (AvgIpc) is 2.67. The molecule has 1 fully saturated rings. The maximum atomic E-state index is 12.3. The normalized spacial score (nSPS) is 16.4. The minimum Gasteiger partial charge on any atom is -0.341 e. The molecule has 1 amide bonds. The van der Waals surface area contributed by atoms with Crippen LogP contribution in [0.25, 0.3) is 5.65 Å². The minimum absolute atomic E-state index is 0.176. The van der Waals surface area contributed by atoms with E-state index in [-0.39, 0.29) is 5.91 Å². The zero-order chi connectivity index (χ0) is 13.9. The van der Waals surface area contributed by atoms with E-state index in [9.17, 15) is 4.79 Å². The van der Waals surface area contributed by atoms with Gasteiger partial charge in [-0.25, -0.2) is 4.98 Å². The summed E-state index contributed by atoms with van der Waals surface area (Å²) in [5, 5.41) is 3.31. The SMILES string of the molecule is Cc1cccn2cc(CC(=O)N3CCCNCC3)nc12. The third-order valence-corrected chi connectivity index (χ3v) is 3.75.